The highest BCUT2D eigenvalue weighted by atomic mass is 16.1. The molecule has 0 saturated heterocycles. The van der Waals surface area contributed by atoms with Gasteiger partial charge in [-0.3, -0.25) is 4.79 Å². The third-order valence-corrected chi connectivity index (χ3v) is 2.23. The smallest absolute Gasteiger partial charge is 0.220 e. The molecule has 0 aliphatic carbocycles. The maximum atomic E-state index is 11.3. The summed E-state index contributed by atoms with van der Waals surface area (Å²) < 4.78 is 0. The maximum absolute atomic E-state index is 11.3. The Morgan fingerprint density at radius 2 is 2.06 bits per heavy atom. The highest BCUT2D eigenvalue weighted by molar-refractivity contribution is 5.76. The third kappa shape index (κ3) is 5.21. The van der Waals surface area contributed by atoms with Crippen molar-refractivity contribution in [1.29, 1.82) is 0 Å². The molecule has 1 rings (SSSR count). The molecular weight excluding hydrogens is 198 g/mol. The van der Waals surface area contributed by atoms with Gasteiger partial charge in [0.1, 0.15) is 0 Å². The minimum atomic E-state index is 0.0821. The van der Waals surface area contributed by atoms with Crippen molar-refractivity contribution in [3.05, 3.63) is 35.9 Å². The largest absolute Gasteiger partial charge is 0.356 e. The first-order chi connectivity index (χ1) is 7.83. The van der Waals surface area contributed by atoms with Gasteiger partial charge in [0.05, 0.1) is 0 Å². The summed E-state index contributed by atoms with van der Waals surface area (Å²) in [6.45, 7) is 2.48. The van der Waals surface area contributed by atoms with Crippen molar-refractivity contribution in [3.8, 4) is 11.8 Å². The number of benzene rings is 1. The molecule has 1 aromatic carbocycles. The molecule has 0 aliphatic rings. The van der Waals surface area contributed by atoms with Crippen LogP contribution in [0.3, 0.4) is 0 Å². The fourth-order valence-corrected chi connectivity index (χ4v) is 1.38. The Bertz CT molecular complexity index is 373. The van der Waals surface area contributed by atoms with E-state index < -0.39 is 0 Å². The molecule has 2 nitrogen and oxygen atoms in total. The van der Waals surface area contributed by atoms with Gasteiger partial charge in [-0.2, -0.15) is 0 Å². The van der Waals surface area contributed by atoms with Crippen LogP contribution < -0.4 is 5.32 Å². The molecule has 84 valence electrons. The normalized spacial score (nSPS) is 9.06. The summed E-state index contributed by atoms with van der Waals surface area (Å²) >= 11 is 0. The molecule has 2 heteroatoms. The van der Waals surface area contributed by atoms with Crippen LogP contribution in [0, 0.1) is 11.8 Å². The summed E-state index contributed by atoms with van der Waals surface area (Å²) in [6, 6.07) is 10.1. The molecule has 0 saturated carbocycles. The number of carbonyl (C=O) groups is 1. The number of hydrogen-bond donors (Lipinski definition) is 1. The molecule has 0 fully saturated rings. The van der Waals surface area contributed by atoms with E-state index in [0.29, 0.717) is 19.4 Å². The van der Waals surface area contributed by atoms with Crippen LogP contribution in [0.2, 0.25) is 0 Å². The molecule has 0 aliphatic heterocycles. The van der Waals surface area contributed by atoms with E-state index in [1.54, 1.807) is 6.92 Å². The van der Waals surface area contributed by atoms with E-state index >= 15 is 0 Å². The molecule has 0 atom stereocenters. The summed E-state index contributed by atoms with van der Waals surface area (Å²) in [5, 5.41) is 2.88. The Hall–Kier alpha value is -1.75. The SMILES string of the molecule is CC#CCCC(=O)NCCc1ccccc1. The summed E-state index contributed by atoms with van der Waals surface area (Å²) in [4.78, 5) is 11.3. The zero-order valence-electron chi connectivity index (χ0n) is 9.62. The Morgan fingerprint density at radius 1 is 1.31 bits per heavy atom. The summed E-state index contributed by atoms with van der Waals surface area (Å²) in [6.07, 6.45) is 2.02. The summed E-state index contributed by atoms with van der Waals surface area (Å²) in [5.41, 5.74) is 1.25. The maximum Gasteiger partial charge on any atom is 0.220 e. The molecule has 16 heavy (non-hydrogen) atoms. The van der Waals surface area contributed by atoms with E-state index in [-0.39, 0.29) is 5.91 Å². The number of amides is 1. The van der Waals surface area contributed by atoms with Gasteiger partial charge in [-0.15, -0.1) is 11.8 Å². The van der Waals surface area contributed by atoms with Crippen molar-refractivity contribution in [2.75, 3.05) is 6.54 Å². The van der Waals surface area contributed by atoms with Gasteiger partial charge in [0.15, 0.2) is 0 Å². The quantitative estimate of drug-likeness (QED) is 0.749. The molecule has 0 spiro atoms. The Balaban J connectivity index is 2.15. The molecule has 0 aromatic heterocycles. The molecule has 1 aromatic rings. The third-order valence-electron chi connectivity index (χ3n) is 2.23. The van der Waals surface area contributed by atoms with Crippen molar-refractivity contribution in [2.45, 2.75) is 26.2 Å². The predicted octanol–water partition coefficient (Wildman–Crippen LogP) is 2.15. The molecular formula is C14H17NO. The lowest BCUT2D eigenvalue weighted by Gasteiger charge is -2.03. The zero-order valence-corrected chi connectivity index (χ0v) is 9.62. The second kappa shape index (κ2) is 7.53. The number of hydrogen-bond acceptors (Lipinski definition) is 1. The predicted molar refractivity (Wildman–Crippen MR) is 65.8 cm³/mol. The van der Waals surface area contributed by atoms with Crippen LogP contribution in [0.25, 0.3) is 0 Å². The van der Waals surface area contributed by atoms with E-state index in [1.807, 2.05) is 18.2 Å². The Labute approximate surface area is 97.1 Å². The van der Waals surface area contributed by atoms with Crippen LogP contribution in [-0.4, -0.2) is 12.5 Å². The summed E-state index contributed by atoms with van der Waals surface area (Å²) in [7, 11) is 0. The van der Waals surface area contributed by atoms with E-state index in [1.165, 1.54) is 5.56 Å². The minimum absolute atomic E-state index is 0.0821. The first kappa shape index (κ1) is 12.3. The number of rotatable bonds is 5. The van der Waals surface area contributed by atoms with Gasteiger partial charge in [-0.25, -0.2) is 0 Å². The van der Waals surface area contributed by atoms with Crippen LogP contribution >= 0.6 is 0 Å². The lowest BCUT2D eigenvalue weighted by molar-refractivity contribution is -0.120. The van der Waals surface area contributed by atoms with Gasteiger partial charge in [-0.1, -0.05) is 30.3 Å². The van der Waals surface area contributed by atoms with Crippen molar-refractivity contribution in [3.63, 3.8) is 0 Å². The van der Waals surface area contributed by atoms with E-state index in [0.717, 1.165) is 6.42 Å². The van der Waals surface area contributed by atoms with Gasteiger partial charge in [0.2, 0.25) is 5.91 Å². The lowest BCUT2D eigenvalue weighted by atomic mass is 10.1. The second-order valence-corrected chi connectivity index (χ2v) is 3.51. The lowest BCUT2D eigenvalue weighted by Crippen LogP contribution is -2.25. The van der Waals surface area contributed by atoms with Gasteiger partial charge in [0, 0.05) is 19.4 Å². The van der Waals surface area contributed by atoms with Crippen molar-refractivity contribution < 1.29 is 4.79 Å². The summed E-state index contributed by atoms with van der Waals surface area (Å²) in [5.74, 6) is 5.73. The standard InChI is InChI=1S/C14H17NO/c1-2-3-5-10-14(16)15-12-11-13-8-6-4-7-9-13/h4,6-9H,5,10-12H2,1H3,(H,15,16). The van der Waals surface area contributed by atoms with Crippen molar-refractivity contribution in [1.82, 2.24) is 5.32 Å². The first-order valence-corrected chi connectivity index (χ1v) is 5.53. The van der Waals surface area contributed by atoms with Gasteiger partial charge < -0.3 is 5.32 Å². The highest BCUT2D eigenvalue weighted by Gasteiger charge is 1.98. The molecule has 0 heterocycles. The first-order valence-electron chi connectivity index (χ1n) is 5.53. The van der Waals surface area contributed by atoms with Crippen molar-refractivity contribution >= 4 is 5.91 Å². The van der Waals surface area contributed by atoms with Crippen LogP contribution in [-0.2, 0) is 11.2 Å². The van der Waals surface area contributed by atoms with Crippen LogP contribution in [0.5, 0.6) is 0 Å². The average Bonchev–Trinajstić information content (AvgIpc) is 2.31. The second-order valence-electron chi connectivity index (χ2n) is 3.51. The van der Waals surface area contributed by atoms with Crippen LogP contribution in [0.4, 0.5) is 0 Å². The van der Waals surface area contributed by atoms with E-state index in [2.05, 4.69) is 29.3 Å². The topological polar surface area (TPSA) is 29.1 Å². The molecule has 0 radical (unpaired) electrons. The van der Waals surface area contributed by atoms with Crippen LogP contribution in [0.1, 0.15) is 25.3 Å². The fraction of sp³-hybridized carbons (Fsp3) is 0.357. The number of carbonyl (C=O) groups excluding carboxylic acids is 1. The number of nitrogens with one attached hydrogen (secondary N) is 1. The fourth-order valence-electron chi connectivity index (χ4n) is 1.38. The zero-order chi connectivity index (χ0) is 11.6. The van der Waals surface area contributed by atoms with Crippen LogP contribution in [0.15, 0.2) is 30.3 Å². The van der Waals surface area contributed by atoms with Gasteiger partial charge >= 0.3 is 0 Å². The minimum Gasteiger partial charge on any atom is -0.356 e. The average molecular weight is 215 g/mol. The Morgan fingerprint density at radius 3 is 2.75 bits per heavy atom. The van der Waals surface area contributed by atoms with E-state index in [4.69, 9.17) is 0 Å². The van der Waals surface area contributed by atoms with E-state index in [9.17, 15) is 4.79 Å². The Kier molecular flexibility index (Phi) is 5.80. The molecule has 0 unspecified atom stereocenters. The highest BCUT2D eigenvalue weighted by Crippen LogP contribution is 1.98. The molecule has 1 amide bonds. The monoisotopic (exact) mass is 215 g/mol. The van der Waals surface area contributed by atoms with Gasteiger partial charge in [-0.05, 0) is 18.9 Å². The van der Waals surface area contributed by atoms with Gasteiger partial charge in [0.25, 0.3) is 0 Å². The molecule has 0 bridgehead atoms. The molecule has 1 N–H and O–H groups in total. The van der Waals surface area contributed by atoms with Crippen molar-refractivity contribution in [2.24, 2.45) is 0 Å².